The van der Waals surface area contributed by atoms with E-state index in [1.807, 2.05) is 0 Å². The van der Waals surface area contributed by atoms with Gasteiger partial charge in [-0.25, -0.2) is 0 Å². The maximum absolute atomic E-state index is 0. The summed E-state index contributed by atoms with van der Waals surface area (Å²) in [6.45, 7) is 0. The number of hydrogen-bond acceptors (Lipinski definition) is 0. The van der Waals surface area contributed by atoms with E-state index in [1.54, 1.807) is 0 Å². The average molecular weight is 216 g/mol. The molecule has 0 aliphatic heterocycles. The Morgan fingerprint density at radius 3 is 1.00 bits per heavy atom. The molecule has 5 heteroatoms. The minimum Gasteiger partial charge on any atom is 0 e. The second-order valence-electron chi connectivity index (χ2n) is 0. The molecular weight excluding hydrogens is 209 g/mol. The number of hydrogen-bond donors (Lipinski definition) is 0. The van der Waals surface area contributed by atoms with E-state index in [4.69, 9.17) is 0 Å². The predicted molar refractivity (Wildman–Crippen MR) is 27.0 cm³/mol. The van der Waals surface area contributed by atoms with Crippen LogP contribution in [0, 0.1) is 0 Å². The summed E-state index contributed by atoms with van der Waals surface area (Å²) in [5.41, 5.74) is 0. The largest absolute Gasteiger partial charge is 0.316 e. The Morgan fingerprint density at radius 2 is 1.00 bits per heavy atom. The first-order chi connectivity index (χ1) is 0. The van der Waals surface area contributed by atoms with Gasteiger partial charge in [-0.05, 0) is 0 Å². The molecule has 1 radical (unpaired) electrons. The SMILES string of the molecule is [AlH3].[CaH2].[Co].[MgH2].[Ni]. The fraction of sp³-hybridized carbons (Fsp3) is 0. The first-order valence-electron chi connectivity index (χ1n) is 0. The molecule has 0 aromatic rings. The standard InChI is InChI=1S/Al.Ca.Co.Mg.Ni.7H. The molecule has 0 atom stereocenters. The Hall–Kier alpha value is 3.56. The Balaban J connectivity index is 0. The van der Waals surface area contributed by atoms with E-state index in [0.717, 1.165) is 0 Å². The molecule has 33 valence electrons. The molecule has 0 unspecified atom stereocenters. The Morgan fingerprint density at radius 1 is 1.00 bits per heavy atom. The fourth-order valence-electron chi connectivity index (χ4n) is 0. The van der Waals surface area contributed by atoms with Crippen molar-refractivity contribution in [1.29, 1.82) is 0 Å². The first kappa shape index (κ1) is 38.6. The molecule has 5 heavy (non-hydrogen) atoms. The number of rotatable bonds is 0. The van der Waals surface area contributed by atoms with Gasteiger partial charge in [0.1, 0.15) is 0 Å². The molecule has 0 saturated heterocycles. The molecule has 0 aliphatic carbocycles. The van der Waals surface area contributed by atoms with E-state index in [-0.39, 0.29) is 111 Å². The zero-order chi connectivity index (χ0) is 0. The van der Waals surface area contributed by atoms with Crippen molar-refractivity contribution in [3.8, 4) is 0 Å². The van der Waals surface area contributed by atoms with Crippen molar-refractivity contribution in [3.05, 3.63) is 0 Å². The van der Waals surface area contributed by atoms with Crippen LogP contribution in [0.25, 0.3) is 0 Å². The zero-order valence-electron chi connectivity index (χ0n) is 0.650. The van der Waals surface area contributed by atoms with Gasteiger partial charge in [0.15, 0.2) is 17.4 Å². The third-order valence-electron chi connectivity index (χ3n) is 0. The molecule has 0 bridgehead atoms. The van der Waals surface area contributed by atoms with E-state index in [1.165, 1.54) is 0 Å². The van der Waals surface area contributed by atoms with Crippen LogP contribution in [-0.4, -0.2) is 78.2 Å². The maximum atomic E-state index is 0. The first-order valence-corrected chi connectivity index (χ1v) is 0. The molecule has 0 nitrogen and oxygen atoms in total. The Labute approximate surface area is 109 Å². The third kappa shape index (κ3) is 18.4. The molecule has 0 rings (SSSR count). The molecule has 0 amide bonds. The van der Waals surface area contributed by atoms with Gasteiger partial charge in [-0.2, -0.15) is 0 Å². The van der Waals surface area contributed by atoms with Crippen LogP contribution in [0.1, 0.15) is 0 Å². The van der Waals surface area contributed by atoms with Crippen molar-refractivity contribution in [1.82, 2.24) is 0 Å². The van der Waals surface area contributed by atoms with E-state index in [2.05, 4.69) is 0 Å². The van der Waals surface area contributed by atoms with Gasteiger partial charge in [0.2, 0.25) is 0 Å². The molecular formula is H7AlCaCoMgNi. The average Bonchev–Trinajstić information content (AvgIpc) is 0. The fourth-order valence-corrected chi connectivity index (χ4v) is 0. The van der Waals surface area contributed by atoms with E-state index in [0.29, 0.717) is 0 Å². The Kier molecular flexibility index (Phi) is 198. The molecule has 0 aromatic carbocycles. The van der Waals surface area contributed by atoms with E-state index in [9.17, 15) is 0 Å². The van der Waals surface area contributed by atoms with Crippen molar-refractivity contribution >= 4 is 78.2 Å². The van der Waals surface area contributed by atoms with Crippen molar-refractivity contribution in [2.75, 3.05) is 0 Å². The van der Waals surface area contributed by atoms with E-state index < -0.39 is 0 Å². The summed E-state index contributed by atoms with van der Waals surface area (Å²) in [4.78, 5) is 0. The van der Waals surface area contributed by atoms with Gasteiger partial charge in [-0.1, -0.05) is 0 Å². The van der Waals surface area contributed by atoms with Gasteiger partial charge < -0.3 is 0 Å². The van der Waals surface area contributed by atoms with Crippen molar-refractivity contribution in [2.24, 2.45) is 0 Å². The summed E-state index contributed by atoms with van der Waals surface area (Å²) >= 11 is 0. The second-order valence-corrected chi connectivity index (χ2v) is 0. The molecule has 0 saturated carbocycles. The van der Waals surface area contributed by atoms with Crippen LogP contribution in [0.3, 0.4) is 0 Å². The normalized spacial score (nSPS) is 0. The summed E-state index contributed by atoms with van der Waals surface area (Å²) < 4.78 is 0. The molecule has 0 aliphatic rings. The third-order valence-corrected chi connectivity index (χ3v) is 0. The van der Waals surface area contributed by atoms with Crippen LogP contribution < -0.4 is 0 Å². The van der Waals surface area contributed by atoms with Crippen LogP contribution in [0.15, 0.2) is 0 Å². The second kappa shape index (κ2) is 25.7. The molecule has 0 N–H and O–H groups in total. The van der Waals surface area contributed by atoms with Crippen molar-refractivity contribution in [2.45, 2.75) is 0 Å². The summed E-state index contributed by atoms with van der Waals surface area (Å²) in [5, 5.41) is 0. The zero-order valence-corrected chi connectivity index (χ0v) is 2.68. The molecule has 0 spiro atoms. The molecule has 0 heterocycles. The smallest absolute Gasteiger partial charge is 0 e. The van der Waals surface area contributed by atoms with Crippen LogP contribution in [0.4, 0.5) is 0 Å². The minimum atomic E-state index is 0. The van der Waals surface area contributed by atoms with Gasteiger partial charge >= 0.3 is 60.8 Å². The van der Waals surface area contributed by atoms with Gasteiger partial charge in [-0.15, -0.1) is 0 Å². The summed E-state index contributed by atoms with van der Waals surface area (Å²) in [7, 11) is 0. The van der Waals surface area contributed by atoms with Crippen molar-refractivity contribution < 1.29 is 33.3 Å². The van der Waals surface area contributed by atoms with Gasteiger partial charge in [0, 0.05) is 33.3 Å². The molecule has 0 fully saturated rings. The van der Waals surface area contributed by atoms with Crippen LogP contribution in [0.2, 0.25) is 0 Å². The minimum absolute atomic E-state index is 0. The predicted octanol–water partition coefficient (Wildman–Crippen LogP) is -3.02. The van der Waals surface area contributed by atoms with Crippen LogP contribution >= 0.6 is 0 Å². The quantitative estimate of drug-likeness (QED) is 0.378. The van der Waals surface area contributed by atoms with Crippen LogP contribution in [0.5, 0.6) is 0 Å². The van der Waals surface area contributed by atoms with Gasteiger partial charge in [-0.3, -0.25) is 0 Å². The summed E-state index contributed by atoms with van der Waals surface area (Å²) in [6.07, 6.45) is 0. The van der Waals surface area contributed by atoms with E-state index >= 15 is 0 Å². The summed E-state index contributed by atoms with van der Waals surface area (Å²) in [6, 6.07) is 0. The van der Waals surface area contributed by atoms with Gasteiger partial charge in [0.05, 0.1) is 0 Å². The topological polar surface area (TPSA) is 0 Å². The van der Waals surface area contributed by atoms with Gasteiger partial charge in [0.25, 0.3) is 0 Å². The maximum Gasteiger partial charge on any atom is 0.316 e. The summed E-state index contributed by atoms with van der Waals surface area (Å²) in [5.74, 6) is 0. The van der Waals surface area contributed by atoms with Crippen molar-refractivity contribution in [3.63, 3.8) is 0 Å². The Bertz CT molecular complexity index is 11.6. The molecule has 0 aromatic heterocycles. The monoisotopic (exact) mass is 215 g/mol. The van der Waals surface area contributed by atoms with Crippen LogP contribution in [-0.2, 0) is 33.3 Å².